The largest absolute Gasteiger partial charge is 0.372 e. The molecular weight excluding hydrogens is 288 g/mol. The van der Waals surface area contributed by atoms with Gasteiger partial charge in [0.05, 0.1) is 17.7 Å². The van der Waals surface area contributed by atoms with Crippen molar-refractivity contribution in [2.45, 2.75) is 63.2 Å². The lowest BCUT2D eigenvalue weighted by Gasteiger charge is -2.24. The summed E-state index contributed by atoms with van der Waals surface area (Å²) in [5.41, 5.74) is 0.192. The molecule has 3 nitrogen and oxygen atoms in total. The zero-order valence-corrected chi connectivity index (χ0v) is 12.7. The van der Waals surface area contributed by atoms with Crippen molar-refractivity contribution >= 4 is 5.91 Å². The van der Waals surface area contributed by atoms with E-state index >= 15 is 0 Å². The van der Waals surface area contributed by atoms with Crippen molar-refractivity contribution in [3.63, 3.8) is 0 Å². The van der Waals surface area contributed by atoms with Crippen LogP contribution < -0.4 is 5.32 Å². The number of halogens is 2. The third-order valence-electron chi connectivity index (χ3n) is 4.87. The van der Waals surface area contributed by atoms with E-state index in [1.54, 1.807) is 6.92 Å². The lowest BCUT2D eigenvalue weighted by Crippen LogP contribution is -2.31. The molecule has 1 unspecified atom stereocenters. The van der Waals surface area contributed by atoms with Gasteiger partial charge in [0.25, 0.3) is 0 Å². The van der Waals surface area contributed by atoms with Crippen LogP contribution in [0.3, 0.4) is 0 Å². The maximum absolute atomic E-state index is 13.7. The standard InChI is InChI=1S/C17H21F2NO2/c1-11(14-3-2-12(18)10-15(14)19)20-16(21)6-9-17-7-4-13(22-17)5-8-17/h2-3,10-11,13H,4-9H2,1H3,(H,20,21). The van der Waals surface area contributed by atoms with Crippen LogP contribution in [0.1, 0.15) is 57.1 Å². The molecule has 3 rings (SSSR count). The molecule has 0 saturated carbocycles. The van der Waals surface area contributed by atoms with Gasteiger partial charge >= 0.3 is 0 Å². The highest BCUT2D eigenvalue weighted by Crippen LogP contribution is 2.46. The van der Waals surface area contributed by atoms with Gasteiger partial charge in [-0.1, -0.05) is 6.07 Å². The normalized spacial score (nSPS) is 27.9. The molecule has 1 atom stereocenters. The minimum Gasteiger partial charge on any atom is -0.372 e. The van der Waals surface area contributed by atoms with Crippen LogP contribution in [0, 0.1) is 11.6 Å². The number of ether oxygens (including phenoxy) is 1. The number of nitrogens with one attached hydrogen (secondary N) is 1. The van der Waals surface area contributed by atoms with Gasteiger partial charge in [-0.05, 0) is 45.1 Å². The Morgan fingerprint density at radius 3 is 2.73 bits per heavy atom. The summed E-state index contributed by atoms with van der Waals surface area (Å²) in [6.45, 7) is 1.70. The first-order valence-electron chi connectivity index (χ1n) is 7.90. The highest BCUT2D eigenvalue weighted by Gasteiger charge is 2.45. The minimum absolute atomic E-state index is 0.105. The number of hydrogen-bond donors (Lipinski definition) is 1. The Balaban J connectivity index is 1.53. The van der Waals surface area contributed by atoms with Gasteiger partial charge in [0.15, 0.2) is 0 Å². The molecule has 2 bridgehead atoms. The molecule has 1 N–H and O–H groups in total. The monoisotopic (exact) mass is 309 g/mol. The van der Waals surface area contributed by atoms with Gasteiger partial charge in [-0.15, -0.1) is 0 Å². The zero-order chi connectivity index (χ0) is 15.7. The number of fused-ring (bicyclic) bond motifs is 2. The van der Waals surface area contributed by atoms with Gasteiger partial charge < -0.3 is 10.1 Å². The molecular formula is C17H21F2NO2. The summed E-state index contributed by atoms with van der Waals surface area (Å²) in [5.74, 6) is -1.37. The molecule has 1 aromatic rings. The van der Waals surface area contributed by atoms with Crippen LogP contribution in [0.5, 0.6) is 0 Å². The Morgan fingerprint density at radius 1 is 1.41 bits per heavy atom. The fourth-order valence-corrected chi connectivity index (χ4v) is 3.60. The summed E-state index contributed by atoms with van der Waals surface area (Å²) >= 11 is 0. The number of benzene rings is 1. The Kier molecular flexibility index (Phi) is 4.17. The van der Waals surface area contributed by atoms with Crippen molar-refractivity contribution in [1.29, 1.82) is 0 Å². The van der Waals surface area contributed by atoms with Gasteiger partial charge in [0, 0.05) is 18.1 Å². The van der Waals surface area contributed by atoms with E-state index in [1.165, 1.54) is 12.1 Å². The summed E-state index contributed by atoms with van der Waals surface area (Å²) in [6.07, 6.45) is 5.74. The molecule has 2 fully saturated rings. The average Bonchev–Trinajstić information content (AvgIpc) is 3.06. The van der Waals surface area contributed by atoms with Gasteiger partial charge in [-0.2, -0.15) is 0 Å². The number of carbonyl (C=O) groups is 1. The van der Waals surface area contributed by atoms with Crippen LogP contribution in [0.15, 0.2) is 18.2 Å². The smallest absolute Gasteiger partial charge is 0.220 e. The van der Waals surface area contributed by atoms with E-state index in [4.69, 9.17) is 4.74 Å². The molecule has 0 aliphatic carbocycles. The highest BCUT2D eigenvalue weighted by atomic mass is 19.1. The van der Waals surface area contributed by atoms with Crippen molar-refractivity contribution in [3.8, 4) is 0 Å². The van der Waals surface area contributed by atoms with Crippen LogP contribution in [0.4, 0.5) is 8.78 Å². The molecule has 2 aliphatic heterocycles. The third-order valence-corrected chi connectivity index (χ3v) is 4.87. The molecule has 1 amide bonds. The quantitative estimate of drug-likeness (QED) is 0.902. The third kappa shape index (κ3) is 3.14. The molecule has 2 aliphatic rings. The van der Waals surface area contributed by atoms with Gasteiger partial charge in [0.1, 0.15) is 11.6 Å². The fourth-order valence-electron chi connectivity index (χ4n) is 3.60. The number of carbonyl (C=O) groups excluding carboxylic acids is 1. The fraction of sp³-hybridized carbons (Fsp3) is 0.588. The molecule has 120 valence electrons. The van der Waals surface area contributed by atoms with E-state index in [1.807, 2.05) is 0 Å². The van der Waals surface area contributed by atoms with Crippen LogP contribution >= 0.6 is 0 Å². The predicted octanol–water partition coefficient (Wildman–Crippen LogP) is 3.63. The van der Waals surface area contributed by atoms with E-state index in [-0.39, 0.29) is 11.5 Å². The summed E-state index contributed by atoms with van der Waals surface area (Å²) in [7, 11) is 0. The van der Waals surface area contributed by atoms with Crippen molar-refractivity contribution < 1.29 is 18.3 Å². The molecule has 0 aromatic heterocycles. The number of rotatable bonds is 5. The first-order valence-corrected chi connectivity index (χ1v) is 7.90. The molecule has 0 radical (unpaired) electrons. The predicted molar refractivity (Wildman–Crippen MR) is 78.2 cm³/mol. The molecule has 22 heavy (non-hydrogen) atoms. The average molecular weight is 309 g/mol. The Labute approximate surface area is 129 Å². The van der Waals surface area contributed by atoms with E-state index in [2.05, 4.69) is 5.32 Å². The van der Waals surface area contributed by atoms with Crippen molar-refractivity contribution in [1.82, 2.24) is 5.32 Å². The highest BCUT2D eigenvalue weighted by molar-refractivity contribution is 5.76. The number of amides is 1. The summed E-state index contributed by atoms with van der Waals surface area (Å²) < 4.78 is 32.6. The van der Waals surface area contributed by atoms with E-state index in [0.717, 1.165) is 31.7 Å². The van der Waals surface area contributed by atoms with Gasteiger partial charge in [-0.25, -0.2) is 8.78 Å². The first kappa shape index (κ1) is 15.4. The van der Waals surface area contributed by atoms with Crippen molar-refractivity contribution in [3.05, 3.63) is 35.4 Å². The Morgan fingerprint density at radius 2 is 2.14 bits per heavy atom. The van der Waals surface area contributed by atoms with Crippen LogP contribution in [0.25, 0.3) is 0 Å². The van der Waals surface area contributed by atoms with Crippen LogP contribution in [0.2, 0.25) is 0 Å². The lowest BCUT2D eigenvalue weighted by molar-refractivity contribution is -0.123. The van der Waals surface area contributed by atoms with Crippen molar-refractivity contribution in [2.75, 3.05) is 0 Å². The summed E-state index contributed by atoms with van der Waals surface area (Å²) in [6, 6.07) is 2.93. The van der Waals surface area contributed by atoms with E-state index in [9.17, 15) is 13.6 Å². The van der Waals surface area contributed by atoms with Crippen LogP contribution in [-0.2, 0) is 9.53 Å². The summed E-state index contributed by atoms with van der Waals surface area (Å²) in [5, 5.41) is 2.78. The zero-order valence-electron chi connectivity index (χ0n) is 12.7. The molecule has 0 spiro atoms. The first-order chi connectivity index (χ1) is 10.5. The number of hydrogen-bond acceptors (Lipinski definition) is 2. The second-order valence-corrected chi connectivity index (χ2v) is 6.46. The van der Waals surface area contributed by atoms with Crippen molar-refractivity contribution in [2.24, 2.45) is 0 Å². The van der Waals surface area contributed by atoms with Gasteiger partial charge in [-0.3, -0.25) is 4.79 Å². The lowest BCUT2D eigenvalue weighted by atomic mass is 9.85. The summed E-state index contributed by atoms with van der Waals surface area (Å²) in [4.78, 5) is 12.1. The molecule has 1 aromatic carbocycles. The van der Waals surface area contributed by atoms with E-state index < -0.39 is 17.7 Å². The molecule has 5 heteroatoms. The maximum Gasteiger partial charge on any atom is 0.220 e. The molecule has 2 heterocycles. The van der Waals surface area contributed by atoms with Gasteiger partial charge in [0.2, 0.25) is 5.91 Å². The minimum atomic E-state index is -0.635. The maximum atomic E-state index is 13.7. The second-order valence-electron chi connectivity index (χ2n) is 6.46. The Hall–Kier alpha value is -1.49. The second kappa shape index (κ2) is 5.95. The Bertz CT molecular complexity index is 568. The van der Waals surface area contributed by atoms with E-state index in [0.29, 0.717) is 24.5 Å². The SMILES string of the molecule is CC(NC(=O)CCC12CCC(CC1)O2)c1ccc(F)cc1F. The molecule has 2 saturated heterocycles. The topological polar surface area (TPSA) is 38.3 Å². The van der Waals surface area contributed by atoms with Crippen LogP contribution in [-0.4, -0.2) is 17.6 Å².